The summed E-state index contributed by atoms with van der Waals surface area (Å²) in [7, 11) is 0. The van der Waals surface area contributed by atoms with Crippen molar-refractivity contribution in [1.29, 1.82) is 0 Å². The van der Waals surface area contributed by atoms with Crippen LogP contribution in [0.1, 0.15) is 26.3 Å². The first kappa shape index (κ1) is 15.7. The van der Waals surface area contributed by atoms with Crippen molar-refractivity contribution in [3.05, 3.63) is 35.9 Å². The molecule has 1 aromatic carbocycles. The zero-order valence-corrected chi connectivity index (χ0v) is 11.9. The average molecular weight is 264 g/mol. The number of rotatable bonds is 5. The lowest BCUT2D eigenvalue weighted by Crippen LogP contribution is -2.52. The van der Waals surface area contributed by atoms with Gasteiger partial charge in [0.1, 0.15) is 0 Å². The molecular formula is C15H24N2O2. The number of carbonyl (C=O) groups is 1. The van der Waals surface area contributed by atoms with Gasteiger partial charge in [0.25, 0.3) is 0 Å². The standard InChI is InChI=1S/C15H24N2O2/c1-15(2,3)13(16)14(19)17-12(10-18)9-11-7-5-4-6-8-11/h4-8,12-13,18H,9-10,16H2,1-3H3,(H,17,19)/t12-,13+/m1/s1. The summed E-state index contributed by atoms with van der Waals surface area (Å²) in [6.45, 7) is 5.66. The molecule has 0 aliphatic heterocycles. The summed E-state index contributed by atoms with van der Waals surface area (Å²) in [5.41, 5.74) is 6.68. The van der Waals surface area contributed by atoms with Crippen LogP contribution in [0.4, 0.5) is 0 Å². The summed E-state index contributed by atoms with van der Waals surface area (Å²) in [5, 5.41) is 12.2. The molecule has 4 heteroatoms. The normalized spacial score (nSPS) is 14.8. The van der Waals surface area contributed by atoms with Crippen LogP contribution in [0.2, 0.25) is 0 Å². The Balaban J connectivity index is 2.60. The quantitative estimate of drug-likeness (QED) is 0.745. The highest BCUT2D eigenvalue weighted by atomic mass is 16.3. The number of hydrogen-bond acceptors (Lipinski definition) is 3. The molecule has 0 aliphatic carbocycles. The van der Waals surface area contributed by atoms with Crippen molar-refractivity contribution >= 4 is 5.91 Å². The maximum absolute atomic E-state index is 12.0. The Bertz CT molecular complexity index is 398. The minimum Gasteiger partial charge on any atom is -0.394 e. The van der Waals surface area contributed by atoms with Crippen LogP contribution in [0.5, 0.6) is 0 Å². The van der Waals surface area contributed by atoms with Gasteiger partial charge in [-0.3, -0.25) is 4.79 Å². The third kappa shape index (κ3) is 5.01. The molecule has 106 valence electrons. The lowest BCUT2D eigenvalue weighted by molar-refractivity contribution is -0.125. The topological polar surface area (TPSA) is 75.4 Å². The molecule has 19 heavy (non-hydrogen) atoms. The summed E-state index contributed by atoms with van der Waals surface area (Å²) in [4.78, 5) is 12.0. The van der Waals surface area contributed by atoms with Gasteiger partial charge in [-0.2, -0.15) is 0 Å². The molecule has 1 amide bonds. The number of hydrogen-bond donors (Lipinski definition) is 3. The third-order valence-corrected chi connectivity index (χ3v) is 3.11. The predicted molar refractivity (Wildman–Crippen MR) is 76.6 cm³/mol. The Morgan fingerprint density at radius 2 is 1.89 bits per heavy atom. The van der Waals surface area contributed by atoms with E-state index in [0.717, 1.165) is 5.56 Å². The second-order valence-electron chi connectivity index (χ2n) is 5.92. The van der Waals surface area contributed by atoms with Gasteiger partial charge in [-0.15, -0.1) is 0 Å². The fourth-order valence-electron chi connectivity index (χ4n) is 1.74. The first-order valence-corrected chi connectivity index (χ1v) is 6.55. The van der Waals surface area contributed by atoms with Gasteiger partial charge in [-0.25, -0.2) is 0 Å². The van der Waals surface area contributed by atoms with Gasteiger partial charge < -0.3 is 16.2 Å². The molecule has 4 nitrogen and oxygen atoms in total. The van der Waals surface area contributed by atoms with E-state index in [9.17, 15) is 9.90 Å². The zero-order valence-electron chi connectivity index (χ0n) is 11.9. The molecule has 0 saturated heterocycles. The van der Waals surface area contributed by atoms with Crippen molar-refractivity contribution in [2.45, 2.75) is 39.3 Å². The average Bonchev–Trinajstić information content (AvgIpc) is 2.37. The van der Waals surface area contributed by atoms with E-state index in [4.69, 9.17) is 5.73 Å². The molecule has 0 saturated carbocycles. The van der Waals surface area contributed by atoms with Crippen LogP contribution in [-0.2, 0) is 11.2 Å². The smallest absolute Gasteiger partial charge is 0.237 e. The molecule has 0 heterocycles. The monoisotopic (exact) mass is 264 g/mol. The molecule has 0 bridgehead atoms. The highest BCUT2D eigenvalue weighted by molar-refractivity contribution is 5.82. The first-order valence-electron chi connectivity index (χ1n) is 6.55. The number of nitrogens with two attached hydrogens (primary N) is 1. The predicted octanol–water partition coefficient (Wildman–Crippen LogP) is 1.08. The Kier molecular flexibility index (Phi) is 5.51. The molecule has 0 aliphatic rings. The number of aliphatic hydroxyl groups excluding tert-OH is 1. The van der Waals surface area contributed by atoms with Crippen LogP contribution in [-0.4, -0.2) is 29.7 Å². The summed E-state index contributed by atoms with van der Waals surface area (Å²) in [6, 6.07) is 8.86. The lowest BCUT2D eigenvalue weighted by atomic mass is 9.86. The van der Waals surface area contributed by atoms with E-state index in [1.807, 2.05) is 51.1 Å². The number of aliphatic hydroxyl groups is 1. The van der Waals surface area contributed by atoms with E-state index < -0.39 is 6.04 Å². The lowest BCUT2D eigenvalue weighted by Gasteiger charge is -2.28. The largest absolute Gasteiger partial charge is 0.394 e. The maximum atomic E-state index is 12.0. The van der Waals surface area contributed by atoms with Crippen LogP contribution < -0.4 is 11.1 Å². The van der Waals surface area contributed by atoms with Crippen molar-refractivity contribution in [2.75, 3.05) is 6.61 Å². The highest BCUT2D eigenvalue weighted by Gasteiger charge is 2.28. The van der Waals surface area contributed by atoms with Crippen molar-refractivity contribution < 1.29 is 9.90 Å². The van der Waals surface area contributed by atoms with Gasteiger partial charge in [-0.1, -0.05) is 51.1 Å². The fourth-order valence-corrected chi connectivity index (χ4v) is 1.74. The van der Waals surface area contributed by atoms with Gasteiger partial charge >= 0.3 is 0 Å². The SMILES string of the molecule is CC(C)(C)[C@@H](N)C(=O)N[C@@H](CO)Cc1ccccc1. The Morgan fingerprint density at radius 3 is 2.37 bits per heavy atom. The van der Waals surface area contributed by atoms with E-state index in [1.54, 1.807) is 0 Å². The van der Waals surface area contributed by atoms with Crippen LogP contribution in [0.3, 0.4) is 0 Å². The molecule has 0 radical (unpaired) electrons. The zero-order chi connectivity index (χ0) is 14.5. The van der Waals surface area contributed by atoms with Crippen LogP contribution in [0.15, 0.2) is 30.3 Å². The van der Waals surface area contributed by atoms with Crippen LogP contribution in [0.25, 0.3) is 0 Å². The molecule has 0 aromatic heterocycles. The van der Waals surface area contributed by atoms with Gasteiger partial charge in [0.2, 0.25) is 5.91 Å². The van der Waals surface area contributed by atoms with Crippen LogP contribution >= 0.6 is 0 Å². The summed E-state index contributed by atoms with van der Waals surface area (Å²) in [5.74, 6) is -0.220. The number of nitrogens with one attached hydrogen (secondary N) is 1. The van der Waals surface area contributed by atoms with E-state index in [2.05, 4.69) is 5.32 Å². The fraction of sp³-hybridized carbons (Fsp3) is 0.533. The molecule has 4 N–H and O–H groups in total. The van der Waals surface area contributed by atoms with Crippen molar-refractivity contribution in [1.82, 2.24) is 5.32 Å². The Morgan fingerprint density at radius 1 is 1.32 bits per heavy atom. The summed E-state index contributed by atoms with van der Waals surface area (Å²) >= 11 is 0. The second-order valence-corrected chi connectivity index (χ2v) is 5.92. The molecule has 1 aromatic rings. The number of benzene rings is 1. The van der Waals surface area contributed by atoms with Gasteiger partial charge in [0.15, 0.2) is 0 Å². The van der Waals surface area contributed by atoms with E-state index >= 15 is 0 Å². The Hall–Kier alpha value is -1.39. The molecule has 0 unspecified atom stereocenters. The number of amides is 1. The molecule has 1 rings (SSSR count). The van der Waals surface area contributed by atoms with Gasteiger partial charge in [0.05, 0.1) is 18.7 Å². The molecular weight excluding hydrogens is 240 g/mol. The Labute approximate surface area is 115 Å². The number of carbonyl (C=O) groups excluding carboxylic acids is 1. The van der Waals surface area contributed by atoms with E-state index in [-0.39, 0.29) is 24.0 Å². The van der Waals surface area contributed by atoms with Crippen molar-refractivity contribution in [2.24, 2.45) is 11.1 Å². The van der Waals surface area contributed by atoms with Gasteiger partial charge in [0, 0.05) is 0 Å². The summed E-state index contributed by atoms with van der Waals surface area (Å²) < 4.78 is 0. The molecule has 2 atom stereocenters. The van der Waals surface area contributed by atoms with E-state index in [0.29, 0.717) is 6.42 Å². The minimum atomic E-state index is -0.586. The van der Waals surface area contributed by atoms with Crippen LogP contribution in [0, 0.1) is 5.41 Å². The molecule has 0 fully saturated rings. The van der Waals surface area contributed by atoms with Crippen molar-refractivity contribution in [3.8, 4) is 0 Å². The highest BCUT2D eigenvalue weighted by Crippen LogP contribution is 2.17. The first-order chi connectivity index (χ1) is 8.84. The van der Waals surface area contributed by atoms with E-state index in [1.165, 1.54) is 0 Å². The van der Waals surface area contributed by atoms with Gasteiger partial charge in [-0.05, 0) is 17.4 Å². The minimum absolute atomic E-state index is 0.0997. The second kappa shape index (κ2) is 6.68. The third-order valence-electron chi connectivity index (χ3n) is 3.11. The maximum Gasteiger partial charge on any atom is 0.237 e. The molecule has 0 spiro atoms. The van der Waals surface area contributed by atoms with Crippen molar-refractivity contribution in [3.63, 3.8) is 0 Å². The summed E-state index contributed by atoms with van der Waals surface area (Å²) in [6.07, 6.45) is 0.597.